The average molecular weight is 534 g/mol. The van der Waals surface area contributed by atoms with E-state index in [1.807, 2.05) is 31.2 Å². The molecule has 1 saturated carbocycles. The summed E-state index contributed by atoms with van der Waals surface area (Å²) in [5, 5.41) is 2.94. The van der Waals surface area contributed by atoms with E-state index in [0.717, 1.165) is 17.7 Å². The molecule has 2 fully saturated rings. The minimum Gasteiger partial charge on any atom is -0.322 e. The normalized spacial score (nSPS) is 25.9. The van der Waals surface area contributed by atoms with Gasteiger partial charge in [0.1, 0.15) is 0 Å². The molecule has 2 aliphatic rings. The first-order chi connectivity index (χ1) is 14.4. The summed E-state index contributed by atoms with van der Waals surface area (Å²) >= 11 is 7.21. The maximum atomic E-state index is 12.9. The molecule has 1 aliphatic heterocycles. The topological polar surface area (TPSA) is 66.5 Å². The van der Waals surface area contributed by atoms with Crippen molar-refractivity contribution in [1.29, 1.82) is 0 Å². The summed E-state index contributed by atoms with van der Waals surface area (Å²) in [4.78, 5) is 40.1. The number of hydrogen-bond donors (Lipinski definition) is 1. The molecule has 4 atom stereocenters. The van der Waals surface area contributed by atoms with Gasteiger partial charge in [0.25, 0.3) is 5.91 Å². The van der Waals surface area contributed by atoms with Crippen LogP contribution in [0.5, 0.6) is 0 Å². The van der Waals surface area contributed by atoms with Gasteiger partial charge in [-0.25, -0.2) is 0 Å². The van der Waals surface area contributed by atoms with Crippen LogP contribution in [0.15, 0.2) is 48.5 Å². The van der Waals surface area contributed by atoms with E-state index in [4.69, 9.17) is 0 Å². The van der Waals surface area contributed by atoms with Gasteiger partial charge in [-0.15, -0.1) is 0 Å². The lowest BCUT2D eigenvalue weighted by Gasteiger charge is -2.29. The molecular formula is C23H22Br2N2O3. The molecule has 1 N–H and O–H groups in total. The fraction of sp³-hybridized carbons (Fsp3) is 0.348. The Morgan fingerprint density at radius 3 is 2.10 bits per heavy atom. The largest absolute Gasteiger partial charge is 0.322 e. The summed E-state index contributed by atoms with van der Waals surface area (Å²) in [5.74, 6) is -1.10. The molecule has 0 bridgehead atoms. The molecule has 1 saturated heterocycles. The standard InChI is InChI=1S/C23H22Br2N2O3/c1-2-13-5-3-4-6-20(13)26-21(28)14-7-9-15(10-8-14)27-22(29)16-11-18(24)19(25)12-17(16)23(27)30/h3-10,16-19H,2,11-12H2,1H3,(H,26,28)/t16-,17-,18+,19+/m1/s1. The Kier molecular flexibility index (Phi) is 6.11. The molecule has 30 heavy (non-hydrogen) atoms. The second kappa shape index (κ2) is 8.63. The van der Waals surface area contributed by atoms with Crippen molar-refractivity contribution in [1.82, 2.24) is 0 Å². The monoisotopic (exact) mass is 532 g/mol. The zero-order chi connectivity index (χ0) is 21.4. The number of halogens is 2. The fourth-order valence-corrected chi connectivity index (χ4v) is 5.49. The summed E-state index contributed by atoms with van der Waals surface area (Å²) in [6.07, 6.45) is 2.10. The first kappa shape index (κ1) is 21.2. The highest BCUT2D eigenvalue weighted by molar-refractivity contribution is 9.12. The number of fused-ring (bicyclic) bond motifs is 1. The average Bonchev–Trinajstić information content (AvgIpc) is 2.98. The smallest absolute Gasteiger partial charge is 0.255 e. The van der Waals surface area contributed by atoms with Gasteiger partial charge in [-0.1, -0.05) is 57.0 Å². The Morgan fingerprint density at radius 2 is 1.53 bits per heavy atom. The van der Waals surface area contributed by atoms with Gasteiger partial charge >= 0.3 is 0 Å². The van der Waals surface area contributed by atoms with Gasteiger partial charge in [-0.05, 0) is 55.2 Å². The predicted octanol–water partition coefficient (Wildman–Crippen LogP) is 4.93. The summed E-state index contributed by atoms with van der Waals surface area (Å²) in [5.41, 5.74) is 2.84. The molecule has 0 radical (unpaired) electrons. The van der Waals surface area contributed by atoms with E-state index in [1.165, 1.54) is 4.90 Å². The highest BCUT2D eigenvalue weighted by atomic mass is 79.9. The van der Waals surface area contributed by atoms with Crippen molar-refractivity contribution >= 4 is 61.0 Å². The summed E-state index contributed by atoms with van der Waals surface area (Å²) in [7, 11) is 0. The first-order valence-electron chi connectivity index (χ1n) is 10.1. The molecule has 3 amide bonds. The minimum atomic E-state index is -0.288. The van der Waals surface area contributed by atoms with E-state index in [9.17, 15) is 14.4 Å². The van der Waals surface area contributed by atoms with Gasteiger partial charge in [0.15, 0.2) is 0 Å². The van der Waals surface area contributed by atoms with Crippen molar-refractivity contribution in [2.75, 3.05) is 10.2 Å². The molecule has 2 aromatic rings. The number of anilines is 2. The molecule has 0 unspecified atom stereocenters. The predicted molar refractivity (Wildman–Crippen MR) is 124 cm³/mol. The third kappa shape index (κ3) is 3.85. The van der Waals surface area contributed by atoms with Gasteiger partial charge in [-0.3, -0.25) is 19.3 Å². The Bertz CT molecular complexity index is 964. The number of nitrogens with zero attached hydrogens (tertiary/aromatic N) is 1. The van der Waals surface area contributed by atoms with Crippen LogP contribution >= 0.6 is 31.9 Å². The van der Waals surface area contributed by atoms with Gasteiger partial charge in [0, 0.05) is 20.9 Å². The zero-order valence-electron chi connectivity index (χ0n) is 16.5. The molecule has 5 nitrogen and oxygen atoms in total. The van der Waals surface area contributed by atoms with Crippen LogP contribution in [0.4, 0.5) is 11.4 Å². The van der Waals surface area contributed by atoms with Crippen molar-refractivity contribution in [3.8, 4) is 0 Å². The fourth-order valence-electron chi connectivity index (χ4n) is 4.26. The number of imide groups is 1. The number of hydrogen-bond acceptors (Lipinski definition) is 3. The number of carbonyl (C=O) groups excluding carboxylic acids is 3. The van der Waals surface area contributed by atoms with Crippen molar-refractivity contribution in [2.45, 2.75) is 35.8 Å². The Balaban J connectivity index is 1.51. The number of amides is 3. The van der Waals surface area contributed by atoms with E-state index < -0.39 is 0 Å². The maximum absolute atomic E-state index is 12.9. The number of para-hydroxylation sites is 1. The molecule has 4 rings (SSSR count). The highest BCUT2D eigenvalue weighted by Crippen LogP contribution is 2.44. The number of carbonyl (C=O) groups is 3. The summed E-state index contributed by atoms with van der Waals surface area (Å²) < 4.78 is 0. The lowest BCUT2D eigenvalue weighted by Crippen LogP contribution is -2.34. The van der Waals surface area contributed by atoms with E-state index in [1.54, 1.807) is 24.3 Å². The van der Waals surface area contributed by atoms with Crippen molar-refractivity contribution in [2.24, 2.45) is 11.8 Å². The third-order valence-electron chi connectivity index (χ3n) is 5.95. The molecule has 7 heteroatoms. The Hall–Kier alpha value is -1.99. The van der Waals surface area contributed by atoms with Crippen LogP contribution < -0.4 is 10.2 Å². The molecule has 1 aliphatic carbocycles. The van der Waals surface area contributed by atoms with Gasteiger partial charge in [0.05, 0.1) is 17.5 Å². The van der Waals surface area contributed by atoms with Crippen LogP contribution in [0.3, 0.4) is 0 Å². The molecule has 2 aromatic carbocycles. The lowest BCUT2D eigenvalue weighted by molar-refractivity contribution is -0.122. The summed E-state index contributed by atoms with van der Waals surface area (Å²) in [6.45, 7) is 2.04. The second-order valence-electron chi connectivity index (χ2n) is 7.74. The third-order valence-corrected chi connectivity index (χ3v) is 8.68. The summed E-state index contributed by atoms with van der Waals surface area (Å²) in [6, 6.07) is 14.3. The van der Waals surface area contributed by atoms with Crippen LogP contribution in [0.1, 0.15) is 35.7 Å². The molecule has 156 valence electrons. The Morgan fingerprint density at radius 1 is 0.967 bits per heavy atom. The van der Waals surface area contributed by atoms with Crippen LogP contribution in [0, 0.1) is 11.8 Å². The SMILES string of the molecule is CCc1ccccc1NC(=O)c1ccc(N2C(=O)[C@@H]3C[C@H](Br)[C@@H](Br)C[C@H]3C2=O)cc1. The molecule has 1 heterocycles. The van der Waals surface area contributed by atoms with Crippen LogP contribution in [-0.4, -0.2) is 27.4 Å². The number of aryl methyl sites for hydroxylation is 1. The molecule has 0 spiro atoms. The van der Waals surface area contributed by atoms with E-state index in [0.29, 0.717) is 24.1 Å². The first-order valence-corrected chi connectivity index (χ1v) is 11.9. The molecule has 0 aromatic heterocycles. The van der Waals surface area contributed by atoms with Crippen molar-refractivity contribution in [3.63, 3.8) is 0 Å². The van der Waals surface area contributed by atoms with E-state index in [2.05, 4.69) is 37.2 Å². The lowest BCUT2D eigenvalue weighted by atomic mass is 9.81. The highest BCUT2D eigenvalue weighted by Gasteiger charge is 2.52. The van der Waals surface area contributed by atoms with Crippen LogP contribution in [0.2, 0.25) is 0 Å². The van der Waals surface area contributed by atoms with E-state index >= 15 is 0 Å². The van der Waals surface area contributed by atoms with Gasteiger partial charge < -0.3 is 5.32 Å². The number of alkyl halides is 2. The van der Waals surface area contributed by atoms with Crippen molar-refractivity contribution in [3.05, 3.63) is 59.7 Å². The minimum absolute atomic E-state index is 0.150. The zero-order valence-corrected chi connectivity index (χ0v) is 19.6. The number of benzene rings is 2. The number of rotatable bonds is 4. The Labute approximate surface area is 192 Å². The number of nitrogens with one attached hydrogen (secondary N) is 1. The maximum Gasteiger partial charge on any atom is 0.255 e. The van der Waals surface area contributed by atoms with Gasteiger partial charge in [0.2, 0.25) is 11.8 Å². The van der Waals surface area contributed by atoms with Gasteiger partial charge in [-0.2, -0.15) is 0 Å². The van der Waals surface area contributed by atoms with Crippen LogP contribution in [-0.2, 0) is 16.0 Å². The molecular weight excluding hydrogens is 512 g/mol. The van der Waals surface area contributed by atoms with Crippen molar-refractivity contribution < 1.29 is 14.4 Å². The van der Waals surface area contributed by atoms with E-state index in [-0.39, 0.29) is 39.2 Å². The second-order valence-corrected chi connectivity index (χ2v) is 10.1. The van der Waals surface area contributed by atoms with Crippen LogP contribution in [0.25, 0.3) is 0 Å². The quantitative estimate of drug-likeness (QED) is 0.447.